The highest BCUT2D eigenvalue weighted by molar-refractivity contribution is 5.58. The molecule has 1 aromatic rings. The van der Waals surface area contributed by atoms with Gasteiger partial charge in [-0.1, -0.05) is 44.6 Å². The molecular weight excluding hydrogens is 218 g/mol. The maximum atomic E-state index is 3.49. The van der Waals surface area contributed by atoms with E-state index in [1.807, 2.05) is 0 Å². The molecule has 1 rings (SSSR count). The fourth-order valence-corrected chi connectivity index (χ4v) is 1.97. The van der Waals surface area contributed by atoms with Crippen LogP contribution in [0.15, 0.2) is 17.7 Å². The summed E-state index contributed by atoms with van der Waals surface area (Å²) in [5.74, 6) is 0. The second kappa shape index (κ2) is 6.75. The Morgan fingerprint density at radius 1 is 1.11 bits per heavy atom. The van der Waals surface area contributed by atoms with Crippen LogP contribution in [0, 0.1) is 20.8 Å². The minimum atomic E-state index is 0.542. The predicted octanol–water partition coefficient (Wildman–Crippen LogP) is 4.40. The predicted molar refractivity (Wildman–Crippen MR) is 82.1 cm³/mol. The first-order valence-corrected chi connectivity index (χ1v) is 6.94. The molecular formula is C17H27N. The van der Waals surface area contributed by atoms with Crippen LogP contribution in [0.25, 0.3) is 6.08 Å². The summed E-state index contributed by atoms with van der Waals surface area (Å²) >= 11 is 0. The van der Waals surface area contributed by atoms with E-state index in [1.165, 1.54) is 27.8 Å². The topological polar surface area (TPSA) is 12.0 Å². The van der Waals surface area contributed by atoms with Crippen LogP contribution in [-0.2, 0) is 0 Å². The number of nitrogens with one attached hydrogen (secondary N) is 1. The van der Waals surface area contributed by atoms with Gasteiger partial charge in [0.1, 0.15) is 0 Å². The Labute approximate surface area is 112 Å². The molecule has 1 heteroatoms. The second-order valence-corrected chi connectivity index (χ2v) is 5.48. The lowest BCUT2D eigenvalue weighted by molar-refractivity contribution is 0.617. The third kappa shape index (κ3) is 4.30. The molecule has 18 heavy (non-hydrogen) atoms. The third-order valence-electron chi connectivity index (χ3n) is 3.43. The van der Waals surface area contributed by atoms with E-state index in [-0.39, 0.29) is 0 Å². The molecule has 0 bridgehead atoms. The van der Waals surface area contributed by atoms with Crippen molar-refractivity contribution in [2.75, 3.05) is 6.54 Å². The molecule has 0 radical (unpaired) electrons. The van der Waals surface area contributed by atoms with Crippen molar-refractivity contribution < 1.29 is 0 Å². The Morgan fingerprint density at radius 3 is 2.28 bits per heavy atom. The largest absolute Gasteiger partial charge is 0.311 e. The molecule has 0 heterocycles. The van der Waals surface area contributed by atoms with Crippen LogP contribution < -0.4 is 5.32 Å². The zero-order chi connectivity index (χ0) is 13.7. The standard InChI is InChI=1S/C17H27N/c1-7-16(11-18-12(2)3)10-17-9-14(5)13(4)8-15(17)6/h8-10,12,18H,7,11H2,1-6H3. The van der Waals surface area contributed by atoms with Crippen molar-refractivity contribution >= 4 is 6.08 Å². The summed E-state index contributed by atoms with van der Waals surface area (Å²) in [5, 5.41) is 3.49. The second-order valence-electron chi connectivity index (χ2n) is 5.48. The van der Waals surface area contributed by atoms with Gasteiger partial charge in [0.25, 0.3) is 0 Å². The average Bonchev–Trinajstić information content (AvgIpc) is 2.30. The van der Waals surface area contributed by atoms with Gasteiger partial charge in [0.2, 0.25) is 0 Å². The molecule has 0 amide bonds. The summed E-state index contributed by atoms with van der Waals surface area (Å²) < 4.78 is 0. The van der Waals surface area contributed by atoms with Gasteiger partial charge in [-0.2, -0.15) is 0 Å². The van der Waals surface area contributed by atoms with Crippen LogP contribution >= 0.6 is 0 Å². The molecule has 0 saturated carbocycles. The van der Waals surface area contributed by atoms with Crippen LogP contribution in [0.5, 0.6) is 0 Å². The quantitative estimate of drug-likeness (QED) is 0.810. The molecule has 100 valence electrons. The SMILES string of the molecule is CCC(=Cc1cc(C)c(C)cc1C)CNC(C)C. The minimum absolute atomic E-state index is 0.542. The van der Waals surface area contributed by atoms with Crippen molar-refractivity contribution in [3.63, 3.8) is 0 Å². The first-order valence-electron chi connectivity index (χ1n) is 6.94. The van der Waals surface area contributed by atoms with Crippen LogP contribution in [0.2, 0.25) is 0 Å². The zero-order valence-electron chi connectivity index (χ0n) is 12.7. The molecule has 0 aliphatic carbocycles. The fraction of sp³-hybridized carbons (Fsp3) is 0.529. The minimum Gasteiger partial charge on any atom is -0.311 e. The summed E-state index contributed by atoms with van der Waals surface area (Å²) in [6, 6.07) is 5.13. The van der Waals surface area contributed by atoms with Gasteiger partial charge in [-0.25, -0.2) is 0 Å². The molecule has 0 spiro atoms. The van der Waals surface area contributed by atoms with Crippen molar-refractivity contribution in [3.8, 4) is 0 Å². The third-order valence-corrected chi connectivity index (χ3v) is 3.43. The molecule has 0 atom stereocenters. The van der Waals surface area contributed by atoms with Crippen molar-refractivity contribution in [1.29, 1.82) is 0 Å². The molecule has 0 fully saturated rings. The Bertz CT molecular complexity index is 427. The van der Waals surface area contributed by atoms with E-state index in [0.29, 0.717) is 6.04 Å². The zero-order valence-corrected chi connectivity index (χ0v) is 12.7. The molecule has 1 aromatic carbocycles. The number of benzene rings is 1. The Morgan fingerprint density at radius 2 is 1.72 bits per heavy atom. The molecule has 0 aliphatic heterocycles. The van der Waals surface area contributed by atoms with Crippen LogP contribution in [0.3, 0.4) is 0 Å². The lowest BCUT2D eigenvalue weighted by atomic mass is 9.98. The monoisotopic (exact) mass is 245 g/mol. The maximum Gasteiger partial charge on any atom is 0.0170 e. The highest BCUT2D eigenvalue weighted by Gasteiger charge is 2.02. The average molecular weight is 245 g/mol. The van der Waals surface area contributed by atoms with Crippen molar-refractivity contribution in [2.24, 2.45) is 0 Å². The maximum absolute atomic E-state index is 3.49. The highest BCUT2D eigenvalue weighted by Crippen LogP contribution is 2.18. The van der Waals surface area contributed by atoms with E-state index >= 15 is 0 Å². The lowest BCUT2D eigenvalue weighted by Crippen LogP contribution is -2.24. The van der Waals surface area contributed by atoms with Gasteiger partial charge in [-0.05, 0) is 49.4 Å². The molecule has 0 unspecified atom stereocenters. The van der Waals surface area contributed by atoms with Crippen LogP contribution in [0.4, 0.5) is 0 Å². The normalized spacial score (nSPS) is 12.3. The van der Waals surface area contributed by atoms with Gasteiger partial charge < -0.3 is 5.32 Å². The van der Waals surface area contributed by atoms with E-state index in [2.05, 4.69) is 65.1 Å². The van der Waals surface area contributed by atoms with Crippen LogP contribution in [0.1, 0.15) is 49.4 Å². The van der Waals surface area contributed by atoms with Crippen molar-refractivity contribution in [2.45, 2.75) is 54.0 Å². The van der Waals surface area contributed by atoms with Crippen molar-refractivity contribution in [3.05, 3.63) is 40.0 Å². The van der Waals surface area contributed by atoms with E-state index in [1.54, 1.807) is 0 Å². The smallest absolute Gasteiger partial charge is 0.0170 e. The van der Waals surface area contributed by atoms with Gasteiger partial charge in [0, 0.05) is 12.6 Å². The lowest BCUT2D eigenvalue weighted by Gasteiger charge is -2.12. The molecule has 1 N–H and O–H groups in total. The molecule has 0 aliphatic rings. The van der Waals surface area contributed by atoms with E-state index in [4.69, 9.17) is 0 Å². The number of hydrogen-bond donors (Lipinski definition) is 1. The molecule has 1 nitrogen and oxygen atoms in total. The summed E-state index contributed by atoms with van der Waals surface area (Å²) in [7, 11) is 0. The number of hydrogen-bond acceptors (Lipinski definition) is 1. The Balaban J connectivity index is 2.94. The van der Waals surface area contributed by atoms with E-state index < -0.39 is 0 Å². The van der Waals surface area contributed by atoms with Gasteiger partial charge >= 0.3 is 0 Å². The van der Waals surface area contributed by atoms with Gasteiger partial charge in [-0.3, -0.25) is 0 Å². The summed E-state index contributed by atoms with van der Waals surface area (Å²) in [4.78, 5) is 0. The van der Waals surface area contributed by atoms with Gasteiger partial charge in [0.15, 0.2) is 0 Å². The molecule has 0 aromatic heterocycles. The van der Waals surface area contributed by atoms with E-state index in [9.17, 15) is 0 Å². The highest BCUT2D eigenvalue weighted by atomic mass is 14.9. The Hall–Kier alpha value is -1.08. The van der Waals surface area contributed by atoms with Gasteiger partial charge in [-0.15, -0.1) is 0 Å². The summed E-state index contributed by atoms with van der Waals surface area (Å²) in [6.45, 7) is 14.1. The Kier molecular flexibility index (Phi) is 5.61. The molecule has 0 saturated heterocycles. The summed E-state index contributed by atoms with van der Waals surface area (Å²) in [6.07, 6.45) is 3.45. The first kappa shape index (κ1) is 15.0. The van der Waals surface area contributed by atoms with Gasteiger partial charge in [0.05, 0.1) is 0 Å². The van der Waals surface area contributed by atoms with E-state index in [0.717, 1.165) is 13.0 Å². The number of rotatable bonds is 5. The number of aryl methyl sites for hydroxylation is 3. The fourth-order valence-electron chi connectivity index (χ4n) is 1.97. The summed E-state index contributed by atoms with van der Waals surface area (Å²) in [5.41, 5.74) is 6.95. The van der Waals surface area contributed by atoms with Crippen molar-refractivity contribution in [1.82, 2.24) is 5.32 Å². The first-order chi connectivity index (χ1) is 8.43. The van der Waals surface area contributed by atoms with Crippen LogP contribution in [-0.4, -0.2) is 12.6 Å².